The summed E-state index contributed by atoms with van der Waals surface area (Å²) >= 11 is 0. The minimum absolute atomic E-state index is 0.0588. The standard InChI is InChI=1S/C15H20N2O2/c1-3-13(7-9-16)17-15(18)8-10-19-14-6-4-5-12(2)11-14/h4-6,11,13H,3,7-8,10H2,1-2H3,(H,17,18). The van der Waals surface area contributed by atoms with Gasteiger partial charge < -0.3 is 10.1 Å². The number of nitrogens with zero attached hydrogens (tertiary/aromatic N) is 1. The van der Waals surface area contributed by atoms with Gasteiger partial charge in [-0.2, -0.15) is 5.26 Å². The monoisotopic (exact) mass is 260 g/mol. The van der Waals surface area contributed by atoms with Crippen molar-refractivity contribution in [2.45, 2.75) is 39.2 Å². The Balaban J connectivity index is 2.29. The lowest BCUT2D eigenvalue weighted by atomic mass is 10.1. The van der Waals surface area contributed by atoms with Crippen LogP contribution in [0, 0.1) is 18.3 Å². The molecule has 0 radical (unpaired) electrons. The molecular weight excluding hydrogens is 240 g/mol. The van der Waals surface area contributed by atoms with Gasteiger partial charge in [0.1, 0.15) is 5.75 Å². The van der Waals surface area contributed by atoms with Gasteiger partial charge in [-0.1, -0.05) is 19.1 Å². The largest absolute Gasteiger partial charge is 0.493 e. The molecule has 0 saturated carbocycles. The van der Waals surface area contributed by atoms with Gasteiger partial charge in [-0.15, -0.1) is 0 Å². The van der Waals surface area contributed by atoms with Gasteiger partial charge >= 0.3 is 0 Å². The van der Waals surface area contributed by atoms with Crippen LogP contribution in [0.5, 0.6) is 5.75 Å². The van der Waals surface area contributed by atoms with Crippen molar-refractivity contribution in [3.63, 3.8) is 0 Å². The van der Waals surface area contributed by atoms with Gasteiger partial charge in [0.2, 0.25) is 5.91 Å². The van der Waals surface area contributed by atoms with Crippen LogP contribution in [0.3, 0.4) is 0 Å². The molecule has 102 valence electrons. The third kappa shape index (κ3) is 5.91. The van der Waals surface area contributed by atoms with Crippen molar-refractivity contribution in [2.75, 3.05) is 6.61 Å². The zero-order valence-electron chi connectivity index (χ0n) is 11.5. The average Bonchev–Trinajstić information content (AvgIpc) is 2.38. The Kier molecular flexibility index (Phi) is 6.45. The van der Waals surface area contributed by atoms with E-state index < -0.39 is 0 Å². The minimum Gasteiger partial charge on any atom is -0.493 e. The third-order valence-corrected chi connectivity index (χ3v) is 2.78. The molecule has 0 aliphatic carbocycles. The van der Waals surface area contributed by atoms with E-state index in [0.717, 1.165) is 17.7 Å². The van der Waals surface area contributed by atoms with Crippen LogP contribution in [0.4, 0.5) is 0 Å². The fourth-order valence-electron chi connectivity index (χ4n) is 1.67. The number of amides is 1. The lowest BCUT2D eigenvalue weighted by molar-refractivity contribution is -0.122. The molecule has 4 nitrogen and oxygen atoms in total. The van der Waals surface area contributed by atoms with Crippen molar-refractivity contribution in [1.29, 1.82) is 5.26 Å². The number of rotatable bonds is 7. The smallest absolute Gasteiger partial charge is 0.223 e. The van der Waals surface area contributed by atoms with Crippen LogP contribution in [0.1, 0.15) is 31.7 Å². The maximum Gasteiger partial charge on any atom is 0.223 e. The molecule has 0 aromatic heterocycles. The summed E-state index contributed by atoms with van der Waals surface area (Å²) in [7, 11) is 0. The average molecular weight is 260 g/mol. The summed E-state index contributed by atoms with van der Waals surface area (Å²) in [6, 6.07) is 9.73. The Bertz CT molecular complexity index is 452. The van der Waals surface area contributed by atoms with Crippen LogP contribution >= 0.6 is 0 Å². The fourth-order valence-corrected chi connectivity index (χ4v) is 1.67. The molecule has 1 rings (SSSR count). The van der Waals surface area contributed by atoms with Crippen molar-refractivity contribution in [3.8, 4) is 11.8 Å². The zero-order valence-corrected chi connectivity index (χ0v) is 11.5. The van der Waals surface area contributed by atoms with Gasteiger partial charge in [-0.25, -0.2) is 0 Å². The first-order valence-electron chi connectivity index (χ1n) is 6.51. The van der Waals surface area contributed by atoms with Crippen molar-refractivity contribution >= 4 is 5.91 Å². The SMILES string of the molecule is CCC(CC#N)NC(=O)CCOc1cccc(C)c1. The van der Waals surface area contributed by atoms with E-state index in [-0.39, 0.29) is 11.9 Å². The third-order valence-electron chi connectivity index (χ3n) is 2.78. The Morgan fingerprint density at radius 3 is 2.95 bits per heavy atom. The first kappa shape index (κ1) is 15.0. The normalized spacial score (nSPS) is 11.4. The van der Waals surface area contributed by atoms with Gasteiger partial charge in [-0.3, -0.25) is 4.79 Å². The van der Waals surface area contributed by atoms with Crippen LogP contribution < -0.4 is 10.1 Å². The Morgan fingerprint density at radius 2 is 2.32 bits per heavy atom. The maximum atomic E-state index is 11.6. The summed E-state index contributed by atoms with van der Waals surface area (Å²) in [4.78, 5) is 11.6. The number of benzene rings is 1. The van der Waals surface area contributed by atoms with E-state index in [4.69, 9.17) is 10.00 Å². The molecule has 0 fully saturated rings. The highest BCUT2D eigenvalue weighted by atomic mass is 16.5. The molecule has 0 saturated heterocycles. The van der Waals surface area contributed by atoms with Gasteiger partial charge in [0.05, 0.1) is 25.5 Å². The van der Waals surface area contributed by atoms with Crippen LogP contribution in [0.25, 0.3) is 0 Å². The number of ether oxygens (including phenoxy) is 1. The van der Waals surface area contributed by atoms with Crippen molar-refractivity contribution in [1.82, 2.24) is 5.32 Å². The molecule has 4 heteroatoms. The zero-order chi connectivity index (χ0) is 14.1. The topological polar surface area (TPSA) is 62.1 Å². The molecular formula is C15H20N2O2. The fraction of sp³-hybridized carbons (Fsp3) is 0.467. The van der Waals surface area contributed by atoms with E-state index in [1.54, 1.807) is 0 Å². The maximum absolute atomic E-state index is 11.6. The molecule has 0 aliphatic heterocycles. The number of carbonyl (C=O) groups is 1. The molecule has 1 aromatic rings. The Hall–Kier alpha value is -2.02. The second-order valence-corrected chi connectivity index (χ2v) is 4.45. The summed E-state index contributed by atoms with van der Waals surface area (Å²) in [5.74, 6) is 0.701. The quantitative estimate of drug-likeness (QED) is 0.819. The van der Waals surface area contributed by atoms with Crippen LogP contribution in [0.15, 0.2) is 24.3 Å². The highest BCUT2D eigenvalue weighted by molar-refractivity contribution is 5.76. The Labute approximate surface area is 114 Å². The first-order valence-corrected chi connectivity index (χ1v) is 6.51. The number of hydrogen-bond donors (Lipinski definition) is 1. The molecule has 1 unspecified atom stereocenters. The van der Waals surface area contributed by atoms with Gasteiger partial charge in [0, 0.05) is 6.04 Å². The number of carbonyl (C=O) groups excluding carboxylic acids is 1. The van der Waals surface area contributed by atoms with Gasteiger partial charge in [0.15, 0.2) is 0 Å². The summed E-state index contributed by atoms with van der Waals surface area (Å²) in [5, 5.41) is 11.4. The molecule has 0 heterocycles. The summed E-state index contributed by atoms with van der Waals surface area (Å²) in [6.07, 6.45) is 1.41. The first-order chi connectivity index (χ1) is 9.15. The molecule has 0 bridgehead atoms. The molecule has 1 amide bonds. The number of nitrogens with one attached hydrogen (secondary N) is 1. The highest BCUT2D eigenvalue weighted by Gasteiger charge is 2.09. The van der Waals surface area contributed by atoms with E-state index in [0.29, 0.717) is 19.4 Å². The predicted octanol–water partition coefficient (Wildman–Crippen LogP) is 2.57. The molecule has 19 heavy (non-hydrogen) atoms. The molecule has 1 N–H and O–H groups in total. The van der Waals surface area contributed by atoms with E-state index in [9.17, 15) is 4.79 Å². The second kappa shape index (κ2) is 8.15. The molecule has 0 spiro atoms. The molecule has 1 atom stereocenters. The van der Waals surface area contributed by atoms with E-state index in [1.807, 2.05) is 38.1 Å². The van der Waals surface area contributed by atoms with Crippen LogP contribution in [0.2, 0.25) is 0 Å². The number of nitriles is 1. The van der Waals surface area contributed by atoms with E-state index in [2.05, 4.69) is 11.4 Å². The summed E-state index contributed by atoms with van der Waals surface area (Å²) in [5.41, 5.74) is 1.13. The predicted molar refractivity (Wildman–Crippen MR) is 73.7 cm³/mol. The number of aryl methyl sites for hydroxylation is 1. The van der Waals surface area contributed by atoms with Crippen molar-refractivity contribution in [3.05, 3.63) is 29.8 Å². The minimum atomic E-state index is -0.0743. The van der Waals surface area contributed by atoms with Crippen LogP contribution in [-0.4, -0.2) is 18.6 Å². The summed E-state index contributed by atoms with van der Waals surface area (Å²) in [6.45, 7) is 4.29. The number of hydrogen-bond acceptors (Lipinski definition) is 3. The van der Waals surface area contributed by atoms with Crippen LogP contribution in [-0.2, 0) is 4.79 Å². The highest BCUT2D eigenvalue weighted by Crippen LogP contribution is 2.12. The van der Waals surface area contributed by atoms with Gasteiger partial charge in [-0.05, 0) is 31.0 Å². The van der Waals surface area contributed by atoms with Gasteiger partial charge in [0.25, 0.3) is 0 Å². The Morgan fingerprint density at radius 1 is 1.53 bits per heavy atom. The second-order valence-electron chi connectivity index (χ2n) is 4.45. The molecule has 0 aliphatic rings. The van der Waals surface area contributed by atoms with E-state index in [1.165, 1.54) is 0 Å². The lowest BCUT2D eigenvalue weighted by Gasteiger charge is -2.13. The van der Waals surface area contributed by atoms with Crippen molar-refractivity contribution < 1.29 is 9.53 Å². The molecule has 1 aromatic carbocycles. The summed E-state index contributed by atoms with van der Waals surface area (Å²) < 4.78 is 5.51. The van der Waals surface area contributed by atoms with E-state index >= 15 is 0 Å². The van der Waals surface area contributed by atoms with Crippen molar-refractivity contribution in [2.24, 2.45) is 0 Å². The lowest BCUT2D eigenvalue weighted by Crippen LogP contribution is -2.34.